The lowest BCUT2D eigenvalue weighted by Gasteiger charge is -2.22. The SMILES string of the molecule is CCN(CC)c1nc2ccccn2c(=O)c1/C=N/N1CCOC1=O. The maximum absolute atomic E-state index is 12.8. The van der Waals surface area contributed by atoms with Crippen LogP contribution in [-0.2, 0) is 4.74 Å². The summed E-state index contributed by atoms with van der Waals surface area (Å²) in [5, 5.41) is 5.31. The molecule has 1 fully saturated rings. The molecule has 0 spiro atoms. The van der Waals surface area contributed by atoms with E-state index in [0.717, 1.165) is 0 Å². The molecular weight excluding hydrogens is 310 g/mol. The molecule has 126 valence electrons. The van der Waals surface area contributed by atoms with Gasteiger partial charge in [-0.3, -0.25) is 9.20 Å². The first-order valence-corrected chi connectivity index (χ1v) is 7.90. The number of aromatic nitrogens is 2. The fourth-order valence-corrected chi connectivity index (χ4v) is 2.59. The lowest BCUT2D eigenvalue weighted by atomic mass is 10.2. The minimum atomic E-state index is -0.510. The van der Waals surface area contributed by atoms with Gasteiger partial charge in [0, 0.05) is 19.3 Å². The molecule has 2 aromatic rings. The van der Waals surface area contributed by atoms with Crippen molar-refractivity contribution in [2.75, 3.05) is 31.1 Å². The van der Waals surface area contributed by atoms with Crippen LogP contribution in [0.4, 0.5) is 10.6 Å². The van der Waals surface area contributed by atoms with Gasteiger partial charge in [-0.1, -0.05) is 6.07 Å². The van der Waals surface area contributed by atoms with Crippen molar-refractivity contribution in [2.24, 2.45) is 5.10 Å². The summed E-state index contributed by atoms with van der Waals surface area (Å²) in [6, 6.07) is 5.39. The predicted octanol–water partition coefficient (Wildman–Crippen LogP) is 1.33. The third kappa shape index (κ3) is 2.82. The molecule has 1 amide bonds. The van der Waals surface area contributed by atoms with Crippen LogP contribution in [0.15, 0.2) is 34.3 Å². The van der Waals surface area contributed by atoms with Gasteiger partial charge in [0.2, 0.25) is 0 Å². The molecule has 1 aliphatic rings. The van der Waals surface area contributed by atoms with Gasteiger partial charge in [0.1, 0.15) is 23.6 Å². The largest absolute Gasteiger partial charge is 0.446 e. The minimum Gasteiger partial charge on any atom is -0.446 e. The predicted molar refractivity (Wildman–Crippen MR) is 90.7 cm³/mol. The summed E-state index contributed by atoms with van der Waals surface area (Å²) in [4.78, 5) is 30.9. The number of amides is 1. The highest BCUT2D eigenvalue weighted by Crippen LogP contribution is 2.15. The second-order valence-electron chi connectivity index (χ2n) is 5.24. The van der Waals surface area contributed by atoms with Crippen LogP contribution in [0.5, 0.6) is 0 Å². The summed E-state index contributed by atoms with van der Waals surface area (Å²) < 4.78 is 6.31. The van der Waals surface area contributed by atoms with Gasteiger partial charge in [-0.05, 0) is 26.0 Å². The van der Waals surface area contributed by atoms with Gasteiger partial charge in [0.15, 0.2) is 0 Å². The fourth-order valence-electron chi connectivity index (χ4n) is 2.59. The summed E-state index contributed by atoms with van der Waals surface area (Å²) in [6.45, 7) is 6.08. The van der Waals surface area contributed by atoms with E-state index in [4.69, 9.17) is 4.74 Å². The Kier molecular flexibility index (Phi) is 4.45. The van der Waals surface area contributed by atoms with Crippen molar-refractivity contribution in [3.8, 4) is 0 Å². The van der Waals surface area contributed by atoms with Gasteiger partial charge < -0.3 is 9.64 Å². The van der Waals surface area contributed by atoms with Crippen molar-refractivity contribution in [3.63, 3.8) is 0 Å². The molecule has 0 unspecified atom stereocenters. The quantitative estimate of drug-likeness (QED) is 0.773. The van der Waals surface area contributed by atoms with Crippen molar-refractivity contribution < 1.29 is 9.53 Å². The topological polar surface area (TPSA) is 79.5 Å². The number of hydrazone groups is 1. The monoisotopic (exact) mass is 329 g/mol. The zero-order valence-electron chi connectivity index (χ0n) is 13.7. The van der Waals surface area contributed by atoms with Gasteiger partial charge in [-0.15, -0.1) is 0 Å². The zero-order valence-corrected chi connectivity index (χ0v) is 13.7. The van der Waals surface area contributed by atoms with E-state index >= 15 is 0 Å². The van der Waals surface area contributed by atoms with E-state index in [0.29, 0.717) is 43.3 Å². The van der Waals surface area contributed by atoms with E-state index in [1.807, 2.05) is 24.8 Å². The van der Waals surface area contributed by atoms with Crippen molar-refractivity contribution in [2.45, 2.75) is 13.8 Å². The number of carbonyl (C=O) groups is 1. The first-order chi connectivity index (χ1) is 11.7. The molecular formula is C16H19N5O3. The van der Waals surface area contributed by atoms with Crippen LogP contribution in [0, 0.1) is 0 Å². The van der Waals surface area contributed by atoms with Gasteiger partial charge in [-0.25, -0.2) is 9.78 Å². The molecule has 8 heteroatoms. The number of ether oxygens (including phenoxy) is 1. The number of fused-ring (bicyclic) bond motifs is 1. The van der Waals surface area contributed by atoms with Crippen molar-refractivity contribution in [1.29, 1.82) is 0 Å². The number of cyclic esters (lactones) is 1. The van der Waals surface area contributed by atoms with Crippen LogP contribution in [-0.4, -0.2) is 52.9 Å². The van der Waals surface area contributed by atoms with Crippen molar-refractivity contribution in [1.82, 2.24) is 14.4 Å². The number of hydrogen-bond acceptors (Lipinski definition) is 6. The second kappa shape index (κ2) is 6.69. The number of pyridine rings is 1. The van der Waals surface area contributed by atoms with E-state index in [9.17, 15) is 9.59 Å². The molecule has 0 aromatic carbocycles. The normalized spacial score (nSPS) is 14.6. The molecule has 0 aliphatic carbocycles. The van der Waals surface area contributed by atoms with E-state index < -0.39 is 6.09 Å². The van der Waals surface area contributed by atoms with Crippen LogP contribution in [0.1, 0.15) is 19.4 Å². The molecule has 0 saturated carbocycles. The Balaban J connectivity index is 2.14. The van der Waals surface area contributed by atoms with E-state index in [1.54, 1.807) is 18.3 Å². The standard InChI is InChI=1S/C16H19N5O3/c1-3-19(4-2)14-12(11-17-21-9-10-24-16(21)23)15(22)20-8-6-5-7-13(20)18-14/h5-8,11H,3-4,9-10H2,1-2H3/b17-11+. The molecule has 1 aliphatic heterocycles. The summed E-state index contributed by atoms with van der Waals surface area (Å²) in [7, 11) is 0. The first-order valence-electron chi connectivity index (χ1n) is 7.90. The van der Waals surface area contributed by atoms with Gasteiger partial charge >= 0.3 is 6.09 Å². The lowest BCUT2D eigenvalue weighted by molar-refractivity contribution is 0.159. The summed E-state index contributed by atoms with van der Waals surface area (Å²) in [5.41, 5.74) is 0.697. The Morgan fingerprint density at radius 3 is 2.79 bits per heavy atom. The van der Waals surface area contributed by atoms with Crippen LogP contribution >= 0.6 is 0 Å². The lowest BCUT2D eigenvalue weighted by Crippen LogP contribution is -2.30. The van der Waals surface area contributed by atoms with Gasteiger partial charge in [-0.2, -0.15) is 10.1 Å². The number of hydrogen-bond donors (Lipinski definition) is 0. The molecule has 0 bridgehead atoms. The van der Waals surface area contributed by atoms with Gasteiger partial charge in [0.25, 0.3) is 5.56 Å². The maximum Gasteiger partial charge on any atom is 0.430 e. The maximum atomic E-state index is 12.8. The van der Waals surface area contributed by atoms with Crippen LogP contribution in [0.25, 0.3) is 5.65 Å². The Morgan fingerprint density at radius 2 is 2.12 bits per heavy atom. The van der Waals surface area contributed by atoms with E-state index in [-0.39, 0.29) is 5.56 Å². The smallest absolute Gasteiger partial charge is 0.430 e. The number of nitrogens with zero attached hydrogens (tertiary/aromatic N) is 5. The molecule has 0 atom stereocenters. The fraction of sp³-hybridized carbons (Fsp3) is 0.375. The molecule has 8 nitrogen and oxygen atoms in total. The number of carbonyl (C=O) groups excluding carboxylic acids is 1. The summed E-state index contributed by atoms with van der Waals surface area (Å²) in [5.74, 6) is 0.563. The molecule has 24 heavy (non-hydrogen) atoms. The van der Waals surface area contributed by atoms with E-state index in [2.05, 4.69) is 10.1 Å². The number of anilines is 1. The third-order valence-corrected chi connectivity index (χ3v) is 3.88. The Labute approximate surface area is 139 Å². The highest BCUT2D eigenvalue weighted by Gasteiger charge is 2.22. The van der Waals surface area contributed by atoms with Crippen molar-refractivity contribution in [3.05, 3.63) is 40.3 Å². The molecule has 3 rings (SSSR count). The van der Waals surface area contributed by atoms with Crippen LogP contribution < -0.4 is 10.5 Å². The molecule has 2 aromatic heterocycles. The van der Waals surface area contributed by atoms with Gasteiger partial charge in [0.05, 0.1) is 12.8 Å². The highest BCUT2D eigenvalue weighted by molar-refractivity contribution is 5.87. The molecule has 3 heterocycles. The Morgan fingerprint density at radius 1 is 1.33 bits per heavy atom. The summed E-state index contributed by atoms with van der Waals surface area (Å²) >= 11 is 0. The second-order valence-corrected chi connectivity index (χ2v) is 5.24. The van der Waals surface area contributed by atoms with Crippen LogP contribution in [0.3, 0.4) is 0 Å². The highest BCUT2D eigenvalue weighted by atomic mass is 16.6. The minimum absolute atomic E-state index is 0.223. The third-order valence-electron chi connectivity index (χ3n) is 3.88. The summed E-state index contributed by atoms with van der Waals surface area (Å²) in [6.07, 6.45) is 2.55. The van der Waals surface area contributed by atoms with E-state index in [1.165, 1.54) is 15.6 Å². The average Bonchev–Trinajstić information content (AvgIpc) is 3.01. The molecule has 0 N–H and O–H groups in total. The zero-order chi connectivity index (χ0) is 17.1. The number of rotatable bonds is 5. The Hall–Kier alpha value is -2.90. The Bertz CT molecular complexity index is 841. The van der Waals surface area contributed by atoms with Crippen molar-refractivity contribution >= 4 is 23.8 Å². The first kappa shape index (κ1) is 16.0. The van der Waals surface area contributed by atoms with Crippen LogP contribution in [0.2, 0.25) is 0 Å². The molecule has 0 radical (unpaired) electrons. The molecule has 1 saturated heterocycles. The average molecular weight is 329 g/mol.